The third-order valence-corrected chi connectivity index (χ3v) is 16.7. The highest BCUT2D eigenvalue weighted by atomic mass is 16.5. The number of methoxy groups -OCH3 is 2. The fourth-order valence-corrected chi connectivity index (χ4v) is 11.5. The standard InChI is InChI=1S/C27H31N7O2.C27H30N6O3.C26H29N7O2/c1-6-25(35)29-21-17-22(24(36-5)16-18(21)10-9-15-33(2)3)31-27-28-14-13-20(30-27)26-19-11-7-8-12-23(19)34(4)32-26;1-5-26(34)30-22-15-23(24(35-6-2)16-25(22)36-14-13-33(3)4)32-27-28-12-11-21(31-27)19-17-29-20-10-8-7-9-18(19)20;1-5-25(34)29-21-16-22(24(35-4)15-18(21)9-8-13-32(2)3)31-26-27-12-11-20(30-26)19-17-28-33-14-7-6-10-23(19)33/h6-8,11-14,16-17H,1,9-10,15H2,2-5H3,(H,29,35)(H,28,30,31);5,7-12,15-17,29H,1,6,13-14H2,2-4H3,(H,30,34)(H,28,31,32);5-7,10-12,14-17H,1,8-9,13H2,2-4H3,(H,29,34)(H,27,30,31). The van der Waals surface area contributed by atoms with Crippen LogP contribution in [0, 0.1) is 0 Å². The number of aryl methyl sites for hydroxylation is 3. The molecule has 0 aliphatic carbocycles. The minimum absolute atomic E-state index is 0.277. The number of amides is 3. The monoisotopic (exact) mass is 1440 g/mol. The van der Waals surface area contributed by atoms with Gasteiger partial charge in [0.05, 0.1) is 77.9 Å². The van der Waals surface area contributed by atoms with Gasteiger partial charge in [-0.25, -0.2) is 34.4 Å². The summed E-state index contributed by atoms with van der Waals surface area (Å²) >= 11 is 0. The molecule has 0 saturated carbocycles. The maximum absolute atomic E-state index is 12.1. The molecule has 0 atom stereocenters. The lowest BCUT2D eigenvalue weighted by Crippen LogP contribution is -2.20. The van der Waals surface area contributed by atoms with Crippen molar-refractivity contribution in [1.82, 2.24) is 69.0 Å². The SMILES string of the molecule is C=CC(=O)Nc1cc(Nc2nccc(-c3c[nH]c4ccccc34)n2)c(OCC)cc1OCCN(C)C.C=CC(=O)Nc1cc(Nc2nccc(-c3cnn4ccccc34)n2)c(OC)cc1CCCN(C)C.C=CC(=O)Nc1cc(Nc2nccc(-c3nn(C)c4ccccc34)n2)c(OC)cc1CCCN(C)C. The minimum atomic E-state index is -0.347. The van der Waals surface area contributed by atoms with Gasteiger partial charge in [0.2, 0.25) is 35.6 Å². The second kappa shape index (κ2) is 37.0. The van der Waals surface area contributed by atoms with Crippen molar-refractivity contribution in [2.75, 3.05) is 121 Å². The first-order valence-corrected chi connectivity index (χ1v) is 34.7. The number of hydrogen-bond donors (Lipinski definition) is 7. The summed E-state index contributed by atoms with van der Waals surface area (Å²) in [7, 11) is 17.2. The number of rotatable bonds is 31. The molecule has 12 aromatic rings. The number of nitrogens with zero attached hydrogens (tertiary/aromatic N) is 13. The molecule has 7 heterocycles. The van der Waals surface area contributed by atoms with E-state index in [9.17, 15) is 14.4 Å². The van der Waals surface area contributed by atoms with E-state index in [0.717, 1.165) is 105 Å². The van der Waals surface area contributed by atoms with Crippen molar-refractivity contribution in [3.05, 3.63) is 208 Å². The molecule has 0 spiro atoms. The Kier molecular flexibility index (Phi) is 26.6. The molecule has 552 valence electrons. The fraction of sp³-hybridized carbons (Fsp3) is 0.237. The molecule has 0 aliphatic rings. The Morgan fingerprint density at radius 2 is 1.00 bits per heavy atom. The van der Waals surface area contributed by atoms with Gasteiger partial charge in [0, 0.05) is 89.4 Å². The Morgan fingerprint density at radius 1 is 0.523 bits per heavy atom. The van der Waals surface area contributed by atoms with E-state index in [-0.39, 0.29) is 17.7 Å². The van der Waals surface area contributed by atoms with Crippen LogP contribution in [0.3, 0.4) is 0 Å². The van der Waals surface area contributed by atoms with E-state index in [4.69, 9.17) is 33.9 Å². The summed E-state index contributed by atoms with van der Waals surface area (Å²) in [6.07, 6.45) is 17.8. The van der Waals surface area contributed by atoms with Crippen LogP contribution in [-0.2, 0) is 34.3 Å². The topological polar surface area (TPSA) is 298 Å². The van der Waals surface area contributed by atoms with Gasteiger partial charge in [0.1, 0.15) is 35.3 Å². The minimum Gasteiger partial charge on any atom is -0.495 e. The van der Waals surface area contributed by atoms with Gasteiger partial charge < -0.3 is 70.5 Å². The number of benzene rings is 5. The predicted octanol–water partition coefficient (Wildman–Crippen LogP) is 13.4. The van der Waals surface area contributed by atoms with Gasteiger partial charge in [-0.15, -0.1) is 0 Å². The van der Waals surface area contributed by atoms with Crippen LogP contribution in [0.25, 0.3) is 61.2 Å². The largest absolute Gasteiger partial charge is 0.495 e. The van der Waals surface area contributed by atoms with E-state index in [1.165, 1.54) is 18.2 Å². The molecule has 7 aromatic heterocycles. The number of carbonyl (C=O) groups is 3. The summed E-state index contributed by atoms with van der Waals surface area (Å²) in [6, 6.07) is 38.6. The first kappa shape index (κ1) is 76.8. The van der Waals surface area contributed by atoms with Crippen LogP contribution in [0.1, 0.15) is 30.9 Å². The van der Waals surface area contributed by atoms with Crippen LogP contribution in [0.15, 0.2) is 196 Å². The average molecular weight is 1440 g/mol. The molecule has 27 heteroatoms. The van der Waals surface area contributed by atoms with Gasteiger partial charge in [-0.3, -0.25) is 19.1 Å². The van der Waals surface area contributed by atoms with Gasteiger partial charge in [-0.1, -0.05) is 62.2 Å². The van der Waals surface area contributed by atoms with E-state index in [0.29, 0.717) is 100 Å². The number of likely N-dealkylation sites (N-methyl/N-ethyl adjacent to an activating group) is 1. The molecular formula is C80H90N20O7. The molecule has 0 radical (unpaired) electrons. The Balaban J connectivity index is 0.000000172. The third-order valence-electron chi connectivity index (χ3n) is 16.7. The Hall–Kier alpha value is -12.9. The highest BCUT2D eigenvalue weighted by Crippen LogP contribution is 2.40. The number of anilines is 9. The van der Waals surface area contributed by atoms with Crippen molar-refractivity contribution in [2.24, 2.45) is 7.05 Å². The first-order chi connectivity index (χ1) is 51.8. The van der Waals surface area contributed by atoms with Crippen LogP contribution in [0.5, 0.6) is 23.0 Å². The van der Waals surface area contributed by atoms with Crippen molar-refractivity contribution >= 4 is 97.0 Å². The number of H-pyrrole nitrogens is 1. The number of carbonyl (C=O) groups excluding carboxylic acids is 3. The molecule has 0 unspecified atom stereocenters. The number of nitrogens with one attached hydrogen (secondary N) is 7. The summed E-state index contributed by atoms with van der Waals surface area (Å²) in [4.78, 5) is 73.2. The zero-order chi connectivity index (χ0) is 75.9. The Morgan fingerprint density at radius 3 is 1.55 bits per heavy atom. The number of ether oxygens (including phenoxy) is 4. The summed E-state index contributed by atoms with van der Waals surface area (Å²) in [5.74, 6) is 2.58. The summed E-state index contributed by atoms with van der Waals surface area (Å²) in [5, 5.41) is 29.5. The normalized spacial score (nSPS) is 11.0. The average Bonchev–Trinajstić information content (AvgIpc) is 1.67. The molecular weight excluding hydrogens is 1350 g/mol. The van der Waals surface area contributed by atoms with Gasteiger partial charge in [0.25, 0.3) is 0 Å². The van der Waals surface area contributed by atoms with Crippen molar-refractivity contribution in [2.45, 2.75) is 32.6 Å². The molecule has 3 amide bonds. The molecule has 0 fully saturated rings. The number of hydrogen-bond acceptors (Lipinski definition) is 21. The van der Waals surface area contributed by atoms with Gasteiger partial charge >= 0.3 is 0 Å². The van der Waals surface area contributed by atoms with E-state index in [1.54, 1.807) is 55.7 Å². The summed E-state index contributed by atoms with van der Waals surface area (Å²) < 4.78 is 26.8. The van der Waals surface area contributed by atoms with Gasteiger partial charge in [-0.05, 0) is 190 Å². The zero-order valence-electron chi connectivity index (χ0n) is 61.9. The molecule has 0 saturated heterocycles. The Labute approximate surface area is 621 Å². The second-order valence-electron chi connectivity index (χ2n) is 25.2. The van der Waals surface area contributed by atoms with Crippen molar-refractivity contribution in [3.8, 4) is 56.9 Å². The van der Waals surface area contributed by atoms with Crippen LogP contribution in [-0.4, -0.2) is 176 Å². The second-order valence-corrected chi connectivity index (χ2v) is 25.2. The summed E-state index contributed by atoms with van der Waals surface area (Å²) in [5.41, 5.74) is 13.6. The van der Waals surface area contributed by atoms with Crippen LogP contribution < -0.4 is 50.8 Å². The quantitative estimate of drug-likeness (QED) is 0.0199. The molecule has 12 rings (SSSR count). The number of aromatic amines is 1. The van der Waals surface area contributed by atoms with Crippen LogP contribution >= 0.6 is 0 Å². The number of para-hydroxylation sites is 2. The fourth-order valence-electron chi connectivity index (χ4n) is 11.5. The molecule has 107 heavy (non-hydrogen) atoms. The van der Waals surface area contributed by atoms with E-state index >= 15 is 0 Å². The highest BCUT2D eigenvalue weighted by Gasteiger charge is 2.21. The Bertz CT molecular complexity index is 5100. The maximum Gasteiger partial charge on any atom is 0.247 e. The molecule has 0 bridgehead atoms. The van der Waals surface area contributed by atoms with Crippen LogP contribution in [0.4, 0.5) is 52.0 Å². The summed E-state index contributed by atoms with van der Waals surface area (Å²) in [6.45, 7) is 16.0. The van der Waals surface area contributed by atoms with E-state index in [2.05, 4.69) is 91.6 Å². The molecule has 27 nitrogen and oxygen atoms in total. The van der Waals surface area contributed by atoms with Crippen LogP contribution in [0.2, 0.25) is 0 Å². The molecule has 7 N–H and O–H groups in total. The first-order valence-electron chi connectivity index (χ1n) is 34.7. The molecule has 5 aromatic carbocycles. The lowest BCUT2D eigenvalue weighted by Gasteiger charge is -2.19. The van der Waals surface area contributed by atoms with Crippen molar-refractivity contribution < 1.29 is 33.3 Å². The molecule has 0 aliphatic heterocycles. The number of aromatic nitrogens is 11. The maximum atomic E-state index is 12.1. The third kappa shape index (κ3) is 20.3. The zero-order valence-corrected chi connectivity index (χ0v) is 61.9. The van der Waals surface area contributed by atoms with Crippen molar-refractivity contribution in [1.29, 1.82) is 0 Å². The smallest absolute Gasteiger partial charge is 0.247 e. The number of fused-ring (bicyclic) bond motifs is 3. The number of pyridine rings is 1. The van der Waals surface area contributed by atoms with E-state index in [1.807, 2.05) is 187 Å². The lowest BCUT2D eigenvalue weighted by atomic mass is 10.0. The predicted molar refractivity (Wildman–Crippen MR) is 425 cm³/mol. The lowest BCUT2D eigenvalue weighted by molar-refractivity contribution is -0.112. The van der Waals surface area contributed by atoms with Gasteiger partial charge in [-0.2, -0.15) is 10.2 Å². The van der Waals surface area contributed by atoms with Crippen molar-refractivity contribution in [3.63, 3.8) is 0 Å². The highest BCUT2D eigenvalue weighted by molar-refractivity contribution is 6.02. The van der Waals surface area contributed by atoms with E-state index < -0.39 is 0 Å². The van der Waals surface area contributed by atoms with Gasteiger partial charge in [0.15, 0.2) is 0 Å².